The van der Waals surface area contributed by atoms with E-state index in [1.165, 1.54) is 6.07 Å². The van der Waals surface area contributed by atoms with Crippen LogP contribution in [0.15, 0.2) is 97.1 Å². The molecule has 4 aromatic rings. The van der Waals surface area contributed by atoms with Crippen molar-refractivity contribution in [2.24, 2.45) is 0 Å². The van der Waals surface area contributed by atoms with Crippen molar-refractivity contribution in [3.63, 3.8) is 0 Å². The molecule has 4 aromatic carbocycles. The van der Waals surface area contributed by atoms with Gasteiger partial charge in [-0.2, -0.15) is 0 Å². The second-order valence-electron chi connectivity index (χ2n) is 19.1. The lowest BCUT2D eigenvalue weighted by Gasteiger charge is -2.38. The van der Waals surface area contributed by atoms with Gasteiger partial charge in [0.2, 0.25) is 0 Å². The Kier molecular flexibility index (Phi) is 14.4. The Bertz CT molecular complexity index is 2250. The van der Waals surface area contributed by atoms with E-state index in [0.717, 1.165) is 105 Å². The third-order valence-corrected chi connectivity index (χ3v) is 13.5. The quantitative estimate of drug-likeness (QED) is 0.166. The van der Waals surface area contributed by atoms with E-state index >= 15 is 0 Å². The number of fused-ring (bicyclic) bond motifs is 2. The first-order chi connectivity index (χ1) is 31.4. The number of amides is 3. The lowest BCUT2D eigenvalue weighted by molar-refractivity contribution is 0.0204. The summed E-state index contributed by atoms with van der Waals surface area (Å²) in [5.41, 5.74) is 5.58. The Morgan fingerprint density at radius 2 is 1.18 bits per heavy atom. The van der Waals surface area contributed by atoms with Gasteiger partial charge < -0.3 is 39.1 Å². The number of nitrogens with one attached hydrogen (secondary N) is 1. The van der Waals surface area contributed by atoms with E-state index in [4.69, 9.17) is 14.2 Å². The van der Waals surface area contributed by atoms with Crippen LogP contribution in [-0.4, -0.2) is 96.0 Å². The van der Waals surface area contributed by atoms with Crippen LogP contribution in [0.5, 0.6) is 0 Å². The smallest absolute Gasteiger partial charge is 0.410 e. The van der Waals surface area contributed by atoms with Crippen LogP contribution in [0.3, 0.4) is 0 Å². The Hall–Kier alpha value is -5.85. The summed E-state index contributed by atoms with van der Waals surface area (Å²) in [4.78, 5) is 45.9. The van der Waals surface area contributed by atoms with Gasteiger partial charge in [0.1, 0.15) is 30.4 Å². The summed E-state index contributed by atoms with van der Waals surface area (Å²) >= 11 is 0. The van der Waals surface area contributed by atoms with Crippen molar-refractivity contribution >= 4 is 29.7 Å². The number of ether oxygens (including phenoxy) is 3. The first-order valence-electron chi connectivity index (χ1n) is 23.4. The van der Waals surface area contributed by atoms with Gasteiger partial charge in [-0.05, 0) is 119 Å². The molecule has 346 valence electrons. The average Bonchev–Trinajstić information content (AvgIpc) is 4.12. The number of carbonyl (C=O) groups excluding carboxylic acids is 3. The van der Waals surface area contributed by atoms with Crippen molar-refractivity contribution in [2.45, 2.75) is 121 Å². The van der Waals surface area contributed by atoms with Crippen molar-refractivity contribution in [1.82, 2.24) is 14.7 Å². The molecule has 0 bridgehead atoms. The number of anilines is 2. The van der Waals surface area contributed by atoms with Crippen LogP contribution in [0.1, 0.15) is 106 Å². The highest BCUT2D eigenvalue weighted by Gasteiger charge is 2.40. The molecular formula is C52H63F2N5O6. The van der Waals surface area contributed by atoms with E-state index < -0.39 is 5.60 Å². The maximum atomic E-state index is 14.4. The molecule has 0 spiro atoms. The van der Waals surface area contributed by atoms with Crippen molar-refractivity contribution in [2.75, 3.05) is 49.5 Å². The molecule has 0 aliphatic carbocycles. The second kappa shape index (κ2) is 20.5. The highest BCUT2D eigenvalue weighted by molar-refractivity contribution is 5.70. The van der Waals surface area contributed by atoms with E-state index in [1.807, 2.05) is 103 Å². The molecule has 4 atom stereocenters. The van der Waals surface area contributed by atoms with E-state index in [2.05, 4.69) is 10.2 Å². The number of benzene rings is 4. The predicted molar refractivity (Wildman–Crippen MR) is 247 cm³/mol. The van der Waals surface area contributed by atoms with Crippen LogP contribution >= 0.6 is 0 Å². The summed E-state index contributed by atoms with van der Waals surface area (Å²) in [6.07, 6.45) is 6.46. The maximum absolute atomic E-state index is 14.4. The molecule has 0 saturated carbocycles. The molecule has 5 aliphatic rings. The molecule has 13 heteroatoms. The standard InChI is InChI=1S/C31H40FN3O4.C21H23FN2O2/c1-31(2,3)39-29(36)33-16-13-25(14-17-33)35-20-23(27-12-11-24(32)19-28(27)35)18-26-10-7-15-34(26)30(37)38-21-22-8-5-4-6-9-22;22-17-8-9-19-16(13-23-20(19)12-17)11-18-7-4-10-24(18)21(25)26-14-15-5-2-1-3-6-15/h4-6,8-9,11-12,19,23,25-26H,7,10,13-18,20-21H2,1-3H3;1-3,5-6,8-9,12,16,18,23H,4,7,10-11,13-14H2/t23?,26-;16?,18-/m00/s1. The van der Waals surface area contributed by atoms with Gasteiger partial charge in [0.05, 0.1) is 0 Å². The summed E-state index contributed by atoms with van der Waals surface area (Å²) in [7, 11) is 0. The molecule has 3 amide bonds. The van der Waals surface area contributed by atoms with Gasteiger partial charge in [0, 0.05) is 80.6 Å². The Labute approximate surface area is 382 Å². The highest BCUT2D eigenvalue weighted by Crippen LogP contribution is 2.44. The normalized spacial score (nSPS) is 21.6. The van der Waals surface area contributed by atoms with Crippen LogP contribution in [-0.2, 0) is 27.4 Å². The van der Waals surface area contributed by atoms with E-state index in [-0.39, 0.29) is 60.6 Å². The van der Waals surface area contributed by atoms with Crippen molar-refractivity contribution in [3.8, 4) is 0 Å². The van der Waals surface area contributed by atoms with Gasteiger partial charge >= 0.3 is 18.3 Å². The van der Waals surface area contributed by atoms with Crippen LogP contribution in [0.25, 0.3) is 0 Å². The number of hydrogen-bond acceptors (Lipinski definition) is 8. The fraction of sp³-hybridized carbons (Fsp3) is 0.481. The molecule has 3 fully saturated rings. The molecule has 5 aliphatic heterocycles. The highest BCUT2D eigenvalue weighted by atomic mass is 19.1. The van der Waals surface area contributed by atoms with Gasteiger partial charge in [-0.25, -0.2) is 23.2 Å². The third kappa shape index (κ3) is 11.5. The molecule has 3 saturated heterocycles. The average molecular weight is 892 g/mol. The number of hydrogen-bond donors (Lipinski definition) is 1. The van der Waals surface area contributed by atoms with Crippen LogP contribution in [0.4, 0.5) is 34.5 Å². The van der Waals surface area contributed by atoms with Gasteiger partial charge in [0.15, 0.2) is 0 Å². The first kappa shape index (κ1) is 45.7. The largest absolute Gasteiger partial charge is 0.445 e. The Morgan fingerprint density at radius 3 is 1.75 bits per heavy atom. The van der Waals surface area contributed by atoms with E-state index in [9.17, 15) is 23.2 Å². The molecule has 5 heterocycles. The number of likely N-dealkylation sites (tertiary alicyclic amines) is 3. The molecule has 1 N–H and O–H groups in total. The number of piperidine rings is 1. The molecule has 65 heavy (non-hydrogen) atoms. The minimum absolute atomic E-state index is 0.102. The molecule has 0 radical (unpaired) electrons. The number of rotatable bonds is 9. The zero-order valence-corrected chi connectivity index (χ0v) is 37.9. The minimum Gasteiger partial charge on any atom is -0.445 e. The fourth-order valence-corrected chi connectivity index (χ4v) is 10.3. The first-order valence-corrected chi connectivity index (χ1v) is 23.4. The number of carbonyl (C=O) groups is 3. The lowest BCUT2D eigenvalue weighted by Crippen LogP contribution is -2.48. The van der Waals surface area contributed by atoms with Gasteiger partial charge in [-0.15, -0.1) is 0 Å². The van der Waals surface area contributed by atoms with Crippen LogP contribution in [0.2, 0.25) is 0 Å². The van der Waals surface area contributed by atoms with Gasteiger partial charge in [-0.1, -0.05) is 72.8 Å². The second-order valence-corrected chi connectivity index (χ2v) is 19.1. The summed E-state index contributed by atoms with van der Waals surface area (Å²) < 4.78 is 44.5. The molecule has 0 aromatic heterocycles. The van der Waals surface area contributed by atoms with Crippen LogP contribution < -0.4 is 10.2 Å². The summed E-state index contributed by atoms with van der Waals surface area (Å²) in [5.74, 6) is 0.0524. The Balaban J connectivity index is 0.000000192. The van der Waals surface area contributed by atoms with Gasteiger partial charge in [-0.3, -0.25) is 0 Å². The SMILES string of the molecule is CC(C)(C)OC(=O)N1CCC(N2CC(C[C@@H]3CCCN3C(=O)OCc3ccccc3)c3ccc(F)cc32)CC1.O=C(OCc1ccccc1)N1CCC[C@H]1CC1CNc2cc(F)ccc21. The molecule has 2 unspecified atom stereocenters. The van der Waals surface area contributed by atoms with Crippen molar-refractivity contribution < 1.29 is 37.4 Å². The maximum Gasteiger partial charge on any atom is 0.410 e. The summed E-state index contributed by atoms with van der Waals surface area (Å²) in [5, 5.41) is 3.28. The molecular weight excluding hydrogens is 829 g/mol. The van der Waals surface area contributed by atoms with Gasteiger partial charge in [0.25, 0.3) is 0 Å². The predicted octanol–water partition coefficient (Wildman–Crippen LogP) is 10.8. The molecule has 9 rings (SSSR count). The van der Waals surface area contributed by atoms with Crippen LogP contribution in [0, 0.1) is 11.6 Å². The lowest BCUT2D eigenvalue weighted by atomic mass is 9.93. The zero-order chi connectivity index (χ0) is 45.5. The van der Waals surface area contributed by atoms with Crippen molar-refractivity contribution in [1.29, 1.82) is 0 Å². The zero-order valence-electron chi connectivity index (χ0n) is 37.9. The van der Waals surface area contributed by atoms with E-state index in [1.54, 1.807) is 23.1 Å². The van der Waals surface area contributed by atoms with Crippen molar-refractivity contribution in [3.05, 3.63) is 131 Å². The number of halogens is 2. The summed E-state index contributed by atoms with van der Waals surface area (Å²) in [6.45, 7) is 10.5. The third-order valence-electron chi connectivity index (χ3n) is 13.5. The number of nitrogens with zero attached hydrogens (tertiary/aromatic N) is 4. The van der Waals surface area contributed by atoms with E-state index in [0.29, 0.717) is 32.2 Å². The summed E-state index contributed by atoms with van der Waals surface area (Å²) in [6, 6.07) is 30.0. The minimum atomic E-state index is -0.519. The molecule has 11 nitrogen and oxygen atoms in total. The monoisotopic (exact) mass is 891 g/mol. The fourth-order valence-electron chi connectivity index (χ4n) is 10.3. The topological polar surface area (TPSA) is 104 Å². The Morgan fingerprint density at radius 1 is 0.646 bits per heavy atom.